The molecule has 0 N–H and O–H groups in total. The Kier molecular flexibility index (Phi) is 5.15. The van der Waals surface area contributed by atoms with Crippen molar-refractivity contribution in [2.75, 3.05) is 6.61 Å². The maximum Gasteiger partial charge on any atom is 0.352 e. The standard InChI is InChI=1S/C18H19FO3/c1-4-21-18(20)17(14-8-7-13(3)16(19)11-14)22-15-9-5-12(2)6-10-15/h5-11,17H,4H2,1-3H3. The second-order valence-corrected chi connectivity index (χ2v) is 5.07. The van der Waals surface area contributed by atoms with E-state index in [0.717, 1.165) is 5.56 Å². The van der Waals surface area contributed by atoms with Crippen LogP contribution in [0.2, 0.25) is 0 Å². The fourth-order valence-corrected chi connectivity index (χ4v) is 2.00. The van der Waals surface area contributed by atoms with Crippen molar-refractivity contribution in [3.8, 4) is 5.75 Å². The highest BCUT2D eigenvalue weighted by atomic mass is 19.1. The first kappa shape index (κ1) is 16.0. The normalized spacial score (nSPS) is 11.8. The number of hydrogen-bond donors (Lipinski definition) is 0. The van der Waals surface area contributed by atoms with Gasteiger partial charge in [-0.2, -0.15) is 0 Å². The number of ether oxygens (including phenoxy) is 2. The number of rotatable bonds is 5. The van der Waals surface area contributed by atoms with Gasteiger partial charge in [0.15, 0.2) is 0 Å². The fraction of sp³-hybridized carbons (Fsp3) is 0.278. The Bertz CT molecular complexity index is 650. The van der Waals surface area contributed by atoms with E-state index in [4.69, 9.17) is 9.47 Å². The van der Waals surface area contributed by atoms with Gasteiger partial charge < -0.3 is 9.47 Å². The molecule has 1 unspecified atom stereocenters. The van der Waals surface area contributed by atoms with Crippen LogP contribution in [0.1, 0.15) is 29.7 Å². The molecule has 0 saturated heterocycles. The van der Waals surface area contributed by atoms with Crippen LogP contribution in [0, 0.1) is 19.7 Å². The first-order valence-electron chi connectivity index (χ1n) is 7.17. The van der Waals surface area contributed by atoms with Crippen molar-refractivity contribution < 1.29 is 18.7 Å². The Hall–Kier alpha value is -2.36. The Balaban J connectivity index is 2.31. The van der Waals surface area contributed by atoms with Crippen molar-refractivity contribution in [2.24, 2.45) is 0 Å². The summed E-state index contributed by atoms with van der Waals surface area (Å²) in [4.78, 5) is 12.1. The summed E-state index contributed by atoms with van der Waals surface area (Å²) in [7, 11) is 0. The third kappa shape index (κ3) is 3.85. The molecule has 2 rings (SSSR count). The van der Waals surface area contributed by atoms with Gasteiger partial charge in [0.1, 0.15) is 11.6 Å². The predicted molar refractivity (Wildman–Crippen MR) is 82.3 cm³/mol. The molecule has 0 heterocycles. The van der Waals surface area contributed by atoms with Crippen molar-refractivity contribution in [1.82, 2.24) is 0 Å². The molecule has 2 aromatic carbocycles. The first-order chi connectivity index (χ1) is 10.5. The number of hydrogen-bond acceptors (Lipinski definition) is 3. The second kappa shape index (κ2) is 7.07. The summed E-state index contributed by atoms with van der Waals surface area (Å²) in [5.74, 6) is -0.379. The van der Waals surface area contributed by atoms with Crippen LogP contribution in [-0.2, 0) is 9.53 Å². The highest BCUT2D eigenvalue weighted by Gasteiger charge is 2.25. The largest absolute Gasteiger partial charge is 0.474 e. The quantitative estimate of drug-likeness (QED) is 0.779. The van der Waals surface area contributed by atoms with Crippen LogP contribution in [0.25, 0.3) is 0 Å². The molecule has 0 saturated carbocycles. The summed E-state index contributed by atoms with van der Waals surface area (Å²) in [5, 5.41) is 0. The van der Waals surface area contributed by atoms with Crippen LogP contribution in [0.3, 0.4) is 0 Å². The summed E-state index contributed by atoms with van der Waals surface area (Å²) in [6.07, 6.45) is -0.988. The average Bonchev–Trinajstić information content (AvgIpc) is 2.50. The number of halogens is 1. The highest BCUT2D eigenvalue weighted by Crippen LogP contribution is 2.25. The molecular weight excluding hydrogens is 283 g/mol. The molecule has 116 valence electrons. The molecule has 0 radical (unpaired) electrons. The zero-order chi connectivity index (χ0) is 16.1. The van der Waals surface area contributed by atoms with Gasteiger partial charge in [-0.25, -0.2) is 9.18 Å². The third-order valence-electron chi connectivity index (χ3n) is 3.27. The molecule has 0 aliphatic carbocycles. The molecule has 3 nitrogen and oxygen atoms in total. The molecule has 22 heavy (non-hydrogen) atoms. The van der Waals surface area contributed by atoms with Gasteiger partial charge in [-0.3, -0.25) is 0 Å². The third-order valence-corrected chi connectivity index (χ3v) is 3.27. The summed E-state index contributed by atoms with van der Waals surface area (Å²) >= 11 is 0. The molecule has 1 atom stereocenters. The summed E-state index contributed by atoms with van der Waals surface area (Å²) in [6, 6.07) is 11.9. The van der Waals surface area contributed by atoms with E-state index in [0.29, 0.717) is 16.9 Å². The highest BCUT2D eigenvalue weighted by molar-refractivity contribution is 5.77. The minimum atomic E-state index is -0.988. The number of carbonyl (C=O) groups excluding carboxylic acids is 1. The molecule has 0 aliphatic rings. The molecule has 0 spiro atoms. The summed E-state index contributed by atoms with van der Waals surface area (Å²) in [5.41, 5.74) is 2.03. The predicted octanol–water partition coefficient (Wildman–Crippen LogP) is 4.13. The van der Waals surface area contributed by atoms with Gasteiger partial charge in [0.05, 0.1) is 6.61 Å². The molecule has 2 aromatic rings. The van der Waals surface area contributed by atoms with E-state index in [-0.39, 0.29) is 12.4 Å². The van der Waals surface area contributed by atoms with Crippen LogP contribution in [0.15, 0.2) is 42.5 Å². The average molecular weight is 302 g/mol. The molecule has 0 fully saturated rings. The van der Waals surface area contributed by atoms with Gasteiger partial charge in [-0.15, -0.1) is 0 Å². The molecular formula is C18H19FO3. The lowest BCUT2D eigenvalue weighted by molar-refractivity contribution is -0.151. The second-order valence-electron chi connectivity index (χ2n) is 5.07. The van der Waals surface area contributed by atoms with Crippen molar-refractivity contribution >= 4 is 5.97 Å². The first-order valence-corrected chi connectivity index (χ1v) is 7.17. The Morgan fingerprint density at radius 1 is 1.14 bits per heavy atom. The van der Waals surface area contributed by atoms with Gasteiger partial charge >= 0.3 is 5.97 Å². The monoisotopic (exact) mass is 302 g/mol. The van der Waals surface area contributed by atoms with Crippen molar-refractivity contribution in [3.63, 3.8) is 0 Å². The summed E-state index contributed by atoms with van der Waals surface area (Å²) < 4.78 is 24.5. The maximum atomic E-state index is 13.8. The smallest absolute Gasteiger partial charge is 0.352 e. The van der Waals surface area contributed by atoms with Crippen LogP contribution < -0.4 is 4.74 Å². The number of benzene rings is 2. The van der Waals surface area contributed by atoms with E-state index in [2.05, 4.69) is 0 Å². The fourth-order valence-electron chi connectivity index (χ4n) is 2.00. The Morgan fingerprint density at radius 3 is 2.41 bits per heavy atom. The zero-order valence-electron chi connectivity index (χ0n) is 12.9. The van der Waals surface area contributed by atoms with Gasteiger partial charge in [0, 0.05) is 5.56 Å². The molecule has 0 bridgehead atoms. The van der Waals surface area contributed by atoms with Crippen molar-refractivity contribution in [2.45, 2.75) is 26.9 Å². The van der Waals surface area contributed by atoms with E-state index in [1.165, 1.54) is 6.07 Å². The lowest BCUT2D eigenvalue weighted by Crippen LogP contribution is -2.21. The van der Waals surface area contributed by atoms with E-state index >= 15 is 0 Å². The van der Waals surface area contributed by atoms with Crippen LogP contribution >= 0.6 is 0 Å². The minimum absolute atomic E-state index is 0.237. The van der Waals surface area contributed by atoms with Crippen LogP contribution in [-0.4, -0.2) is 12.6 Å². The summed E-state index contributed by atoms with van der Waals surface area (Å²) in [6.45, 7) is 5.58. The maximum absolute atomic E-state index is 13.8. The van der Waals surface area contributed by atoms with E-state index in [1.54, 1.807) is 38.1 Å². The number of aryl methyl sites for hydroxylation is 2. The molecule has 0 aliphatic heterocycles. The number of esters is 1. The minimum Gasteiger partial charge on any atom is -0.474 e. The van der Waals surface area contributed by atoms with Crippen molar-refractivity contribution in [1.29, 1.82) is 0 Å². The molecule has 4 heteroatoms. The van der Waals surface area contributed by atoms with E-state index in [9.17, 15) is 9.18 Å². The van der Waals surface area contributed by atoms with Crippen molar-refractivity contribution in [3.05, 3.63) is 65.0 Å². The van der Waals surface area contributed by atoms with Gasteiger partial charge in [0.25, 0.3) is 0 Å². The topological polar surface area (TPSA) is 35.5 Å². The molecule has 0 aromatic heterocycles. The van der Waals surface area contributed by atoms with Gasteiger partial charge in [-0.05, 0) is 44.5 Å². The van der Waals surface area contributed by atoms with Gasteiger partial charge in [-0.1, -0.05) is 29.8 Å². The molecule has 0 amide bonds. The van der Waals surface area contributed by atoms with E-state index < -0.39 is 12.1 Å². The Morgan fingerprint density at radius 2 is 1.82 bits per heavy atom. The number of carbonyl (C=O) groups is 1. The van der Waals surface area contributed by atoms with Crippen LogP contribution in [0.5, 0.6) is 5.75 Å². The zero-order valence-corrected chi connectivity index (χ0v) is 12.9. The SMILES string of the molecule is CCOC(=O)C(Oc1ccc(C)cc1)c1ccc(C)c(F)c1. The van der Waals surface area contributed by atoms with E-state index in [1.807, 2.05) is 19.1 Å². The lowest BCUT2D eigenvalue weighted by Gasteiger charge is -2.18. The van der Waals surface area contributed by atoms with Crippen LogP contribution in [0.4, 0.5) is 4.39 Å². The Labute approximate surface area is 129 Å². The van der Waals surface area contributed by atoms with Gasteiger partial charge in [0.2, 0.25) is 6.10 Å². The lowest BCUT2D eigenvalue weighted by atomic mass is 10.1.